The molecule has 1 amide bonds. The molecule has 146 valence electrons. The fourth-order valence-electron chi connectivity index (χ4n) is 2.86. The lowest BCUT2D eigenvalue weighted by molar-refractivity contribution is 0.0921. The van der Waals surface area contributed by atoms with Crippen molar-refractivity contribution < 1.29 is 13.9 Å². The molecule has 0 aliphatic heterocycles. The Morgan fingerprint density at radius 3 is 2.61 bits per heavy atom. The normalized spacial score (nSPS) is 11.9. The second-order valence-corrected chi connectivity index (χ2v) is 6.80. The van der Waals surface area contributed by atoms with E-state index in [0.29, 0.717) is 12.2 Å². The molecule has 6 nitrogen and oxygen atoms in total. The molecule has 1 heterocycles. The van der Waals surface area contributed by atoms with E-state index in [4.69, 9.17) is 4.74 Å². The molecule has 0 unspecified atom stereocenters. The SMILES string of the molecule is Cc1cccc(C)c1OC[C@@H](C)NC(=O)c1cn(Cc2ccccc2F)nn1. The van der Waals surface area contributed by atoms with E-state index < -0.39 is 0 Å². The molecular formula is C21H23FN4O2. The number of para-hydroxylation sites is 1. The fraction of sp³-hybridized carbons (Fsp3) is 0.286. The smallest absolute Gasteiger partial charge is 0.273 e. The summed E-state index contributed by atoms with van der Waals surface area (Å²) in [6, 6.07) is 12.2. The first-order valence-corrected chi connectivity index (χ1v) is 9.07. The number of aromatic nitrogens is 3. The molecule has 28 heavy (non-hydrogen) atoms. The summed E-state index contributed by atoms with van der Waals surface area (Å²) < 4.78 is 21.0. The standard InChI is InChI=1S/C21H23FN4O2/c1-14-7-6-8-15(2)20(14)28-13-16(3)23-21(27)19-12-26(25-24-19)11-17-9-4-5-10-18(17)22/h4-10,12,16H,11,13H2,1-3H3,(H,23,27)/t16-/m1/s1. The number of hydrogen-bond acceptors (Lipinski definition) is 4. The van der Waals surface area contributed by atoms with E-state index in [2.05, 4.69) is 15.6 Å². The molecule has 0 radical (unpaired) electrons. The van der Waals surface area contributed by atoms with Gasteiger partial charge in [0.1, 0.15) is 18.2 Å². The van der Waals surface area contributed by atoms with Gasteiger partial charge in [0.2, 0.25) is 0 Å². The summed E-state index contributed by atoms with van der Waals surface area (Å²) in [5, 5.41) is 10.6. The molecule has 1 N–H and O–H groups in total. The number of benzene rings is 2. The number of hydrogen-bond donors (Lipinski definition) is 1. The number of nitrogens with zero attached hydrogens (tertiary/aromatic N) is 3. The molecule has 7 heteroatoms. The molecule has 2 aromatic carbocycles. The predicted octanol–water partition coefficient (Wildman–Crippen LogP) is 3.28. The third-order valence-electron chi connectivity index (χ3n) is 4.33. The minimum Gasteiger partial charge on any atom is -0.491 e. The first-order chi connectivity index (χ1) is 13.4. The molecule has 0 bridgehead atoms. The van der Waals surface area contributed by atoms with E-state index in [1.807, 2.05) is 39.0 Å². The Morgan fingerprint density at radius 1 is 1.18 bits per heavy atom. The molecule has 0 spiro atoms. The number of ether oxygens (including phenoxy) is 1. The van der Waals surface area contributed by atoms with Crippen LogP contribution in [-0.2, 0) is 6.54 Å². The van der Waals surface area contributed by atoms with Crippen molar-refractivity contribution in [3.8, 4) is 5.75 Å². The molecule has 3 rings (SSSR count). The van der Waals surface area contributed by atoms with Crippen LogP contribution in [0.25, 0.3) is 0 Å². The lowest BCUT2D eigenvalue weighted by Gasteiger charge is -2.17. The van der Waals surface area contributed by atoms with Gasteiger partial charge < -0.3 is 10.1 Å². The van der Waals surface area contributed by atoms with Gasteiger partial charge in [0.25, 0.3) is 5.91 Å². The Bertz CT molecular complexity index is 950. The van der Waals surface area contributed by atoms with Gasteiger partial charge in [0.05, 0.1) is 18.8 Å². The van der Waals surface area contributed by atoms with Crippen molar-refractivity contribution in [3.63, 3.8) is 0 Å². The number of aryl methyl sites for hydroxylation is 2. The Balaban J connectivity index is 1.56. The molecule has 1 aromatic heterocycles. The summed E-state index contributed by atoms with van der Waals surface area (Å²) >= 11 is 0. The molecular weight excluding hydrogens is 359 g/mol. The highest BCUT2D eigenvalue weighted by atomic mass is 19.1. The van der Waals surface area contributed by atoms with Crippen molar-refractivity contribution in [2.45, 2.75) is 33.4 Å². The van der Waals surface area contributed by atoms with Crippen molar-refractivity contribution in [3.05, 3.63) is 76.9 Å². The van der Waals surface area contributed by atoms with Gasteiger partial charge in [0.15, 0.2) is 5.69 Å². The molecule has 0 fully saturated rings. The highest BCUT2D eigenvalue weighted by molar-refractivity contribution is 5.92. The van der Waals surface area contributed by atoms with Gasteiger partial charge >= 0.3 is 0 Å². The molecule has 0 saturated carbocycles. The Kier molecular flexibility index (Phi) is 6.03. The van der Waals surface area contributed by atoms with Gasteiger partial charge in [-0.15, -0.1) is 5.10 Å². The van der Waals surface area contributed by atoms with Gasteiger partial charge in [-0.1, -0.05) is 41.6 Å². The van der Waals surface area contributed by atoms with Gasteiger partial charge in [-0.25, -0.2) is 9.07 Å². The predicted molar refractivity (Wildman–Crippen MR) is 104 cm³/mol. The second kappa shape index (κ2) is 8.65. The Labute approximate surface area is 163 Å². The summed E-state index contributed by atoms with van der Waals surface area (Å²) in [5.41, 5.74) is 2.76. The lowest BCUT2D eigenvalue weighted by atomic mass is 10.1. The maximum atomic E-state index is 13.7. The highest BCUT2D eigenvalue weighted by Gasteiger charge is 2.15. The largest absolute Gasteiger partial charge is 0.491 e. The van der Waals surface area contributed by atoms with Crippen LogP contribution in [0.1, 0.15) is 34.1 Å². The van der Waals surface area contributed by atoms with Crippen LogP contribution in [0.4, 0.5) is 4.39 Å². The monoisotopic (exact) mass is 382 g/mol. The third kappa shape index (κ3) is 4.73. The summed E-state index contributed by atoms with van der Waals surface area (Å²) in [6.45, 7) is 6.37. The van der Waals surface area contributed by atoms with E-state index in [0.717, 1.165) is 16.9 Å². The van der Waals surface area contributed by atoms with Crippen LogP contribution in [0.15, 0.2) is 48.7 Å². The van der Waals surface area contributed by atoms with Crippen LogP contribution >= 0.6 is 0 Å². The summed E-state index contributed by atoms with van der Waals surface area (Å²) in [4.78, 5) is 12.4. The van der Waals surface area contributed by atoms with Gasteiger partial charge in [0, 0.05) is 5.56 Å². The van der Waals surface area contributed by atoms with Crippen LogP contribution in [0.3, 0.4) is 0 Å². The van der Waals surface area contributed by atoms with E-state index in [1.165, 1.54) is 16.9 Å². The topological polar surface area (TPSA) is 69.0 Å². The van der Waals surface area contributed by atoms with Crippen LogP contribution in [0.2, 0.25) is 0 Å². The second-order valence-electron chi connectivity index (χ2n) is 6.80. The number of amides is 1. The minimum atomic E-state index is -0.350. The average Bonchev–Trinajstić information content (AvgIpc) is 3.12. The number of halogens is 1. The maximum absolute atomic E-state index is 13.7. The van der Waals surface area contributed by atoms with E-state index >= 15 is 0 Å². The first kappa shape index (κ1) is 19.5. The van der Waals surface area contributed by atoms with Crippen molar-refractivity contribution in [1.29, 1.82) is 0 Å². The first-order valence-electron chi connectivity index (χ1n) is 9.07. The van der Waals surface area contributed by atoms with E-state index in [-0.39, 0.29) is 30.0 Å². The Hall–Kier alpha value is -3.22. The third-order valence-corrected chi connectivity index (χ3v) is 4.33. The number of rotatable bonds is 7. The van der Waals surface area contributed by atoms with E-state index in [1.54, 1.807) is 18.2 Å². The summed E-state index contributed by atoms with van der Waals surface area (Å²) in [5.74, 6) is 0.165. The minimum absolute atomic E-state index is 0.176. The zero-order chi connectivity index (χ0) is 20.1. The Morgan fingerprint density at radius 2 is 1.89 bits per heavy atom. The van der Waals surface area contributed by atoms with Crippen LogP contribution in [0.5, 0.6) is 5.75 Å². The fourth-order valence-corrected chi connectivity index (χ4v) is 2.86. The zero-order valence-corrected chi connectivity index (χ0v) is 16.1. The number of carbonyl (C=O) groups excluding carboxylic acids is 1. The zero-order valence-electron chi connectivity index (χ0n) is 16.1. The molecule has 0 aliphatic rings. The molecule has 3 aromatic rings. The molecule has 0 saturated heterocycles. The van der Waals surface area contributed by atoms with Gasteiger partial charge in [-0.05, 0) is 38.0 Å². The molecule has 0 aliphatic carbocycles. The van der Waals surface area contributed by atoms with Crippen molar-refractivity contribution in [2.75, 3.05) is 6.61 Å². The van der Waals surface area contributed by atoms with Crippen molar-refractivity contribution >= 4 is 5.91 Å². The summed E-state index contributed by atoms with van der Waals surface area (Å²) in [6.07, 6.45) is 1.50. The lowest BCUT2D eigenvalue weighted by Crippen LogP contribution is -2.37. The quantitative estimate of drug-likeness (QED) is 0.681. The van der Waals surface area contributed by atoms with Crippen molar-refractivity contribution in [2.24, 2.45) is 0 Å². The highest BCUT2D eigenvalue weighted by Crippen LogP contribution is 2.22. The van der Waals surface area contributed by atoms with Crippen molar-refractivity contribution in [1.82, 2.24) is 20.3 Å². The van der Waals surface area contributed by atoms with Crippen LogP contribution in [0, 0.1) is 19.7 Å². The average molecular weight is 382 g/mol. The number of nitrogens with one attached hydrogen (secondary N) is 1. The number of carbonyl (C=O) groups is 1. The van der Waals surface area contributed by atoms with E-state index in [9.17, 15) is 9.18 Å². The van der Waals surface area contributed by atoms with Gasteiger partial charge in [-0.2, -0.15) is 0 Å². The van der Waals surface area contributed by atoms with Gasteiger partial charge in [-0.3, -0.25) is 4.79 Å². The van der Waals surface area contributed by atoms with Crippen LogP contribution < -0.4 is 10.1 Å². The van der Waals surface area contributed by atoms with Crippen LogP contribution in [-0.4, -0.2) is 33.5 Å². The molecule has 1 atom stereocenters. The summed E-state index contributed by atoms with van der Waals surface area (Å²) in [7, 11) is 0. The maximum Gasteiger partial charge on any atom is 0.273 e.